The minimum Gasteiger partial charge on any atom is -0.445 e. The van der Waals surface area contributed by atoms with Gasteiger partial charge in [0.1, 0.15) is 25.4 Å². The first-order valence-corrected chi connectivity index (χ1v) is 14.2. The van der Waals surface area contributed by atoms with Gasteiger partial charge in [-0.05, 0) is 25.1 Å². The molecule has 2 atom stereocenters. The third-order valence-corrected chi connectivity index (χ3v) is 11.3. The lowest BCUT2D eigenvalue weighted by Gasteiger charge is -2.47. The summed E-state index contributed by atoms with van der Waals surface area (Å²) in [6.07, 6.45) is 2.16. The normalized spacial score (nSPS) is 24.0. The monoisotopic (exact) mass is 481 g/mol. The van der Waals surface area contributed by atoms with E-state index in [4.69, 9.17) is 13.9 Å². The van der Waals surface area contributed by atoms with Gasteiger partial charge in [-0.3, -0.25) is 14.6 Å². The van der Waals surface area contributed by atoms with Crippen LogP contribution in [0.25, 0.3) is 0 Å². The van der Waals surface area contributed by atoms with Gasteiger partial charge in [-0.15, -0.1) is 0 Å². The molecule has 0 N–H and O–H groups in total. The minimum absolute atomic E-state index is 0.00736. The summed E-state index contributed by atoms with van der Waals surface area (Å²) in [5, 5.41) is 0.00736. The smallest absolute Gasteiger partial charge is 0.412 e. The first kappa shape index (κ1) is 26.9. The summed E-state index contributed by atoms with van der Waals surface area (Å²) < 4.78 is 17.0. The van der Waals surface area contributed by atoms with Crippen LogP contribution in [0, 0.1) is 0 Å². The van der Waals surface area contributed by atoms with E-state index < -0.39 is 26.2 Å². The van der Waals surface area contributed by atoms with Gasteiger partial charge >= 0.3 is 12.2 Å². The molecule has 0 spiro atoms. The van der Waals surface area contributed by atoms with Crippen molar-refractivity contribution in [1.82, 2.24) is 14.7 Å². The van der Waals surface area contributed by atoms with E-state index in [1.165, 1.54) is 17.1 Å². The highest BCUT2D eigenvalue weighted by Crippen LogP contribution is 2.42. The summed E-state index contributed by atoms with van der Waals surface area (Å²) in [6.45, 7) is 20.8. The summed E-state index contributed by atoms with van der Waals surface area (Å²) in [5.41, 5.74) is -0.931. The molecule has 0 aromatic heterocycles. The van der Waals surface area contributed by atoms with E-state index in [1.54, 1.807) is 9.80 Å². The number of carbonyl (C=O) groups is 3. The number of amides is 3. The molecule has 0 unspecified atom stereocenters. The van der Waals surface area contributed by atoms with Gasteiger partial charge in [0.25, 0.3) is 0 Å². The Bertz CT molecular complexity index is 781. The predicted octanol–water partition coefficient (Wildman–Crippen LogP) is 3.59. The van der Waals surface area contributed by atoms with Crippen molar-refractivity contribution in [2.24, 2.45) is 0 Å². The van der Waals surface area contributed by atoms with Crippen molar-refractivity contribution >= 4 is 26.4 Å². The lowest BCUT2D eigenvalue weighted by Crippen LogP contribution is -2.65. The molecule has 0 aromatic carbocycles. The molecular formula is C23H39N3O6Si. The summed E-state index contributed by atoms with van der Waals surface area (Å²) in [5.74, 6) is -0.256. The predicted molar refractivity (Wildman–Crippen MR) is 128 cm³/mol. The zero-order valence-electron chi connectivity index (χ0n) is 20.9. The van der Waals surface area contributed by atoms with Crippen LogP contribution in [-0.2, 0) is 18.7 Å². The molecule has 9 nitrogen and oxygen atoms in total. The number of piperazine rings is 1. The third kappa shape index (κ3) is 5.97. The molecule has 2 aliphatic heterocycles. The summed E-state index contributed by atoms with van der Waals surface area (Å²) in [7, 11) is -2.10. The molecule has 0 radical (unpaired) electrons. The Morgan fingerprint density at radius 1 is 1.12 bits per heavy atom. The molecule has 2 fully saturated rings. The molecule has 2 saturated heterocycles. The van der Waals surface area contributed by atoms with Crippen molar-refractivity contribution in [2.45, 2.75) is 64.0 Å². The molecule has 2 aliphatic rings. The van der Waals surface area contributed by atoms with E-state index in [0.29, 0.717) is 19.5 Å². The van der Waals surface area contributed by atoms with Crippen LogP contribution < -0.4 is 0 Å². The maximum Gasteiger partial charge on any atom is 0.412 e. The molecule has 33 heavy (non-hydrogen) atoms. The van der Waals surface area contributed by atoms with Gasteiger partial charge in [-0.25, -0.2) is 9.59 Å². The van der Waals surface area contributed by atoms with Crippen molar-refractivity contribution in [3.63, 3.8) is 0 Å². The van der Waals surface area contributed by atoms with Gasteiger partial charge in [-0.2, -0.15) is 0 Å². The second kappa shape index (κ2) is 10.3. The number of hydrogen-bond acceptors (Lipinski definition) is 6. The average Bonchev–Trinajstić information content (AvgIpc) is 3.05. The Kier molecular flexibility index (Phi) is 8.40. The molecule has 0 bridgehead atoms. The molecule has 0 aliphatic carbocycles. The van der Waals surface area contributed by atoms with E-state index in [1.807, 2.05) is 6.92 Å². The topological polar surface area (TPSA) is 88.6 Å². The highest BCUT2D eigenvalue weighted by atomic mass is 28.4. The van der Waals surface area contributed by atoms with Crippen molar-refractivity contribution in [3.8, 4) is 0 Å². The fourth-order valence-corrected chi connectivity index (χ4v) is 5.32. The number of ether oxygens (including phenoxy) is 2. The van der Waals surface area contributed by atoms with Gasteiger partial charge in [0.2, 0.25) is 5.91 Å². The Morgan fingerprint density at radius 3 is 2.21 bits per heavy atom. The number of rotatable bonds is 7. The van der Waals surface area contributed by atoms with E-state index >= 15 is 0 Å². The van der Waals surface area contributed by atoms with Crippen LogP contribution >= 0.6 is 0 Å². The van der Waals surface area contributed by atoms with E-state index in [-0.39, 0.29) is 43.4 Å². The Hall–Kier alpha value is -2.33. The van der Waals surface area contributed by atoms with Crippen molar-refractivity contribution in [2.75, 3.05) is 39.4 Å². The fourth-order valence-electron chi connectivity index (χ4n) is 3.97. The summed E-state index contributed by atoms with van der Waals surface area (Å²) in [6, 6.07) is 0. The van der Waals surface area contributed by atoms with Gasteiger partial charge in [0, 0.05) is 19.5 Å². The molecular weight excluding hydrogens is 442 g/mol. The average molecular weight is 482 g/mol. The van der Waals surface area contributed by atoms with E-state index in [0.717, 1.165) is 0 Å². The zero-order chi connectivity index (χ0) is 25.0. The third-order valence-electron chi connectivity index (χ3n) is 6.78. The van der Waals surface area contributed by atoms with Gasteiger partial charge < -0.3 is 18.8 Å². The maximum atomic E-state index is 13.1. The van der Waals surface area contributed by atoms with Crippen molar-refractivity contribution < 1.29 is 28.3 Å². The van der Waals surface area contributed by atoms with Crippen LogP contribution in [-0.4, -0.2) is 92.3 Å². The van der Waals surface area contributed by atoms with Gasteiger partial charge in [-0.1, -0.05) is 46.1 Å². The number of carbonyl (C=O) groups excluding carboxylic acids is 3. The fraction of sp³-hybridized carbons (Fsp3) is 0.696. The lowest BCUT2D eigenvalue weighted by molar-refractivity contribution is -0.148. The lowest BCUT2D eigenvalue weighted by atomic mass is 10.0. The quantitative estimate of drug-likeness (QED) is 0.408. The van der Waals surface area contributed by atoms with E-state index in [2.05, 4.69) is 47.0 Å². The van der Waals surface area contributed by atoms with Crippen LogP contribution in [0.5, 0.6) is 0 Å². The Balaban J connectivity index is 2.24. The Labute approximate surface area is 198 Å². The highest BCUT2D eigenvalue weighted by Gasteiger charge is 2.54. The second-order valence-corrected chi connectivity index (χ2v) is 15.0. The molecule has 186 valence electrons. The molecule has 0 aromatic rings. The van der Waals surface area contributed by atoms with Crippen LogP contribution in [0.3, 0.4) is 0 Å². The standard InChI is InChI=1S/C23H39N3O6Si/c1-9-13-30-20(28)24-11-12-25(19(27)17-24)23(6)15-18(32-33(7,8)22(3,4)5)16-26(23)21(29)31-14-10-2/h9-10,18H,1-2,11-17H2,3-8H3/t18-,23+/m1/s1. The van der Waals surface area contributed by atoms with Crippen LogP contribution in [0.15, 0.2) is 25.3 Å². The Morgan fingerprint density at radius 2 is 1.70 bits per heavy atom. The zero-order valence-corrected chi connectivity index (χ0v) is 21.9. The van der Waals surface area contributed by atoms with E-state index in [9.17, 15) is 14.4 Å². The number of likely N-dealkylation sites (tertiary alicyclic amines) is 1. The van der Waals surface area contributed by atoms with Crippen molar-refractivity contribution in [1.29, 1.82) is 0 Å². The van der Waals surface area contributed by atoms with Crippen LogP contribution in [0.2, 0.25) is 18.1 Å². The molecule has 10 heteroatoms. The summed E-state index contributed by atoms with van der Waals surface area (Å²) >= 11 is 0. The summed E-state index contributed by atoms with van der Waals surface area (Å²) in [4.78, 5) is 42.9. The minimum atomic E-state index is -2.10. The molecule has 0 saturated carbocycles. The van der Waals surface area contributed by atoms with Crippen LogP contribution in [0.4, 0.5) is 9.59 Å². The largest absolute Gasteiger partial charge is 0.445 e. The van der Waals surface area contributed by atoms with Gasteiger partial charge in [0.15, 0.2) is 8.32 Å². The highest BCUT2D eigenvalue weighted by molar-refractivity contribution is 6.74. The number of hydrogen-bond donors (Lipinski definition) is 0. The SMILES string of the molecule is C=CCOC(=O)N1CCN([C@]2(C)C[C@@H](O[Si](C)(C)C(C)(C)C)CN2C(=O)OCC=C)C(=O)C1. The second-order valence-electron chi connectivity index (χ2n) is 10.2. The molecule has 2 heterocycles. The number of nitrogens with zero attached hydrogens (tertiary/aromatic N) is 3. The van der Waals surface area contributed by atoms with Gasteiger partial charge in [0.05, 0.1) is 12.6 Å². The van der Waals surface area contributed by atoms with Crippen molar-refractivity contribution in [3.05, 3.63) is 25.3 Å². The maximum absolute atomic E-state index is 13.1. The first-order chi connectivity index (χ1) is 15.3. The molecule has 3 amide bonds. The van der Waals surface area contributed by atoms with Crippen LogP contribution in [0.1, 0.15) is 34.1 Å². The molecule has 2 rings (SSSR count). The first-order valence-electron chi connectivity index (χ1n) is 11.3.